The van der Waals surface area contributed by atoms with Gasteiger partial charge in [-0.3, -0.25) is 0 Å². The van der Waals surface area contributed by atoms with Crippen molar-refractivity contribution in [3.05, 3.63) is 41.6 Å². The van der Waals surface area contributed by atoms with Crippen LogP contribution in [-0.2, 0) is 4.74 Å². The third-order valence-corrected chi connectivity index (χ3v) is 3.06. The third-order valence-electron chi connectivity index (χ3n) is 3.06. The van der Waals surface area contributed by atoms with Gasteiger partial charge in [0.1, 0.15) is 5.82 Å². The molecule has 1 aromatic carbocycles. The van der Waals surface area contributed by atoms with Crippen molar-refractivity contribution >= 4 is 23.4 Å². The van der Waals surface area contributed by atoms with Crippen molar-refractivity contribution in [2.24, 2.45) is 0 Å². The fraction of sp³-hybridized carbons (Fsp3) is 0.353. The lowest BCUT2D eigenvalue weighted by Crippen LogP contribution is -2.06. The van der Waals surface area contributed by atoms with Gasteiger partial charge >= 0.3 is 5.97 Å². The molecule has 0 aliphatic heterocycles. The fourth-order valence-electron chi connectivity index (χ4n) is 2.00. The monoisotopic (exact) mass is 314 g/mol. The molecule has 0 atom stereocenters. The van der Waals surface area contributed by atoms with E-state index in [-0.39, 0.29) is 5.97 Å². The van der Waals surface area contributed by atoms with E-state index in [1.165, 1.54) is 0 Å². The molecule has 0 amide bonds. The molecule has 6 nitrogen and oxygen atoms in total. The summed E-state index contributed by atoms with van der Waals surface area (Å²) < 4.78 is 4.96. The number of ether oxygens (including phenoxy) is 1. The van der Waals surface area contributed by atoms with Crippen LogP contribution < -0.4 is 10.6 Å². The Labute approximate surface area is 136 Å². The molecule has 1 aromatic heterocycles. The predicted molar refractivity (Wildman–Crippen MR) is 91.2 cm³/mol. The number of esters is 1. The number of nitrogens with one attached hydrogen (secondary N) is 2. The maximum atomic E-state index is 11.6. The summed E-state index contributed by atoms with van der Waals surface area (Å²) in [5.74, 6) is 0.995. The van der Waals surface area contributed by atoms with Gasteiger partial charge in [0, 0.05) is 24.0 Å². The van der Waals surface area contributed by atoms with Crippen LogP contribution in [0.15, 0.2) is 30.3 Å². The molecule has 2 aromatic rings. The Kier molecular flexibility index (Phi) is 5.91. The predicted octanol–water partition coefficient (Wildman–Crippen LogP) is 3.53. The molecule has 0 aliphatic rings. The van der Waals surface area contributed by atoms with Crippen LogP contribution in [0.2, 0.25) is 0 Å². The normalized spacial score (nSPS) is 10.2. The first-order valence-electron chi connectivity index (χ1n) is 7.76. The summed E-state index contributed by atoms with van der Waals surface area (Å²) in [6.45, 7) is 7.04. The number of hydrogen-bond donors (Lipinski definition) is 2. The number of benzene rings is 1. The van der Waals surface area contributed by atoms with E-state index in [2.05, 4.69) is 27.5 Å². The van der Waals surface area contributed by atoms with Gasteiger partial charge in [0.2, 0.25) is 5.95 Å². The highest BCUT2D eigenvalue weighted by Gasteiger charge is 2.07. The summed E-state index contributed by atoms with van der Waals surface area (Å²) in [6.07, 6.45) is 1.03. The van der Waals surface area contributed by atoms with Crippen LogP contribution in [0, 0.1) is 6.92 Å². The zero-order valence-electron chi connectivity index (χ0n) is 13.7. The molecule has 0 aliphatic carbocycles. The third kappa shape index (κ3) is 4.95. The molecule has 0 spiro atoms. The zero-order chi connectivity index (χ0) is 16.7. The summed E-state index contributed by atoms with van der Waals surface area (Å²) in [7, 11) is 0. The van der Waals surface area contributed by atoms with Crippen LogP contribution in [0.4, 0.5) is 17.5 Å². The SMILES string of the molecule is CCCNc1cc(C)nc(Nc2ccc(C(=O)OCC)cc2)n1. The molecule has 0 bridgehead atoms. The van der Waals surface area contributed by atoms with Crippen molar-refractivity contribution < 1.29 is 9.53 Å². The summed E-state index contributed by atoms with van der Waals surface area (Å²) in [4.78, 5) is 20.4. The van der Waals surface area contributed by atoms with E-state index in [0.29, 0.717) is 18.1 Å². The van der Waals surface area contributed by atoms with Gasteiger partial charge in [-0.15, -0.1) is 0 Å². The van der Waals surface area contributed by atoms with Crippen LogP contribution in [-0.4, -0.2) is 29.1 Å². The smallest absolute Gasteiger partial charge is 0.338 e. The highest BCUT2D eigenvalue weighted by atomic mass is 16.5. The highest BCUT2D eigenvalue weighted by Crippen LogP contribution is 2.17. The Morgan fingerprint density at radius 1 is 1.17 bits per heavy atom. The molecule has 2 rings (SSSR count). The average molecular weight is 314 g/mol. The molecule has 2 N–H and O–H groups in total. The van der Waals surface area contributed by atoms with Crippen LogP contribution >= 0.6 is 0 Å². The molecule has 1 heterocycles. The Hall–Kier alpha value is -2.63. The second-order valence-electron chi connectivity index (χ2n) is 5.07. The number of carbonyl (C=O) groups excluding carboxylic acids is 1. The van der Waals surface area contributed by atoms with Crippen molar-refractivity contribution in [3.63, 3.8) is 0 Å². The van der Waals surface area contributed by atoms with E-state index in [0.717, 1.165) is 30.2 Å². The van der Waals surface area contributed by atoms with Gasteiger partial charge in [0.15, 0.2) is 0 Å². The summed E-state index contributed by atoms with van der Waals surface area (Å²) >= 11 is 0. The maximum Gasteiger partial charge on any atom is 0.338 e. The minimum absolute atomic E-state index is 0.322. The number of aromatic nitrogens is 2. The van der Waals surface area contributed by atoms with Crippen LogP contribution in [0.3, 0.4) is 0 Å². The lowest BCUT2D eigenvalue weighted by atomic mass is 10.2. The molecule has 6 heteroatoms. The highest BCUT2D eigenvalue weighted by molar-refractivity contribution is 5.89. The first-order valence-corrected chi connectivity index (χ1v) is 7.76. The van der Waals surface area contributed by atoms with E-state index in [4.69, 9.17) is 4.74 Å². The van der Waals surface area contributed by atoms with Crippen LogP contribution in [0.5, 0.6) is 0 Å². The second-order valence-corrected chi connectivity index (χ2v) is 5.07. The minimum atomic E-state index is -0.322. The molecule has 0 radical (unpaired) electrons. The van der Waals surface area contributed by atoms with E-state index in [9.17, 15) is 4.79 Å². The van der Waals surface area contributed by atoms with Crippen LogP contribution in [0.1, 0.15) is 36.3 Å². The first kappa shape index (κ1) is 16.7. The molecule has 0 saturated heterocycles. The van der Waals surface area contributed by atoms with Gasteiger partial charge in [-0.2, -0.15) is 4.98 Å². The number of carbonyl (C=O) groups is 1. The van der Waals surface area contributed by atoms with Crippen molar-refractivity contribution in [1.29, 1.82) is 0 Å². The number of aryl methyl sites for hydroxylation is 1. The molecule has 0 fully saturated rings. The Morgan fingerprint density at radius 2 is 1.91 bits per heavy atom. The quantitative estimate of drug-likeness (QED) is 0.761. The zero-order valence-corrected chi connectivity index (χ0v) is 13.7. The lowest BCUT2D eigenvalue weighted by Gasteiger charge is -2.10. The first-order chi connectivity index (χ1) is 11.1. The molecular weight excluding hydrogens is 292 g/mol. The fourth-order valence-corrected chi connectivity index (χ4v) is 2.00. The van der Waals surface area contributed by atoms with Crippen molar-refractivity contribution in [2.45, 2.75) is 27.2 Å². The number of rotatable bonds is 7. The second kappa shape index (κ2) is 8.12. The van der Waals surface area contributed by atoms with Crippen molar-refractivity contribution in [2.75, 3.05) is 23.8 Å². The lowest BCUT2D eigenvalue weighted by molar-refractivity contribution is 0.0526. The van der Waals surface area contributed by atoms with Gasteiger partial charge in [0.25, 0.3) is 0 Å². The van der Waals surface area contributed by atoms with Gasteiger partial charge in [-0.25, -0.2) is 9.78 Å². The van der Waals surface area contributed by atoms with E-state index in [1.807, 2.05) is 13.0 Å². The average Bonchev–Trinajstić information content (AvgIpc) is 2.53. The van der Waals surface area contributed by atoms with Gasteiger partial charge < -0.3 is 15.4 Å². The van der Waals surface area contributed by atoms with Gasteiger partial charge in [-0.05, 0) is 44.5 Å². The van der Waals surface area contributed by atoms with E-state index in [1.54, 1.807) is 31.2 Å². The Balaban J connectivity index is 2.09. The van der Waals surface area contributed by atoms with Crippen molar-refractivity contribution in [1.82, 2.24) is 9.97 Å². The largest absolute Gasteiger partial charge is 0.462 e. The van der Waals surface area contributed by atoms with Crippen LogP contribution in [0.25, 0.3) is 0 Å². The Morgan fingerprint density at radius 3 is 2.57 bits per heavy atom. The number of anilines is 3. The van der Waals surface area contributed by atoms with Gasteiger partial charge in [0.05, 0.1) is 12.2 Å². The maximum absolute atomic E-state index is 11.6. The summed E-state index contributed by atoms with van der Waals surface area (Å²) in [5.41, 5.74) is 2.21. The van der Waals surface area contributed by atoms with Crippen molar-refractivity contribution in [3.8, 4) is 0 Å². The van der Waals surface area contributed by atoms with E-state index >= 15 is 0 Å². The summed E-state index contributed by atoms with van der Waals surface area (Å²) in [6, 6.07) is 8.94. The number of nitrogens with zero attached hydrogens (tertiary/aromatic N) is 2. The number of hydrogen-bond acceptors (Lipinski definition) is 6. The molecule has 0 unspecified atom stereocenters. The van der Waals surface area contributed by atoms with Gasteiger partial charge in [-0.1, -0.05) is 6.92 Å². The molecule has 122 valence electrons. The molecular formula is C17H22N4O2. The van der Waals surface area contributed by atoms with E-state index < -0.39 is 0 Å². The molecule has 23 heavy (non-hydrogen) atoms. The minimum Gasteiger partial charge on any atom is -0.462 e. The Bertz CT molecular complexity index is 656. The summed E-state index contributed by atoms with van der Waals surface area (Å²) in [5, 5.41) is 6.39. The molecule has 0 saturated carbocycles. The standard InChI is InChI=1S/C17H22N4O2/c1-4-10-18-15-11-12(3)19-17(21-15)20-14-8-6-13(7-9-14)16(22)23-5-2/h6-9,11H,4-5,10H2,1-3H3,(H2,18,19,20,21). The topological polar surface area (TPSA) is 76.1 Å².